The first-order valence-electron chi connectivity index (χ1n) is 12.5. The molecule has 37 heavy (non-hydrogen) atoms. The summed E-state index contributed by atoms with van der Waals surface area (Å²) >= 11 is 0. The molecule has 0 aromatic carbocycles. The van der Waals surface area contributed by atoms with Crippen LogP contribution in [0.4, 0.5) is 0 Å². The molecule has 13 nitrogen and oxygen atoms in total. The van der Waals surface area contributed by atoms with E-state index in [2.05, 4.69) is 31.4 Å². The Bertz CT molecular complexity index is 1100. The first-order valence-corrected chi connectivity index (χ1v) is 12.5. The number of carbonyl (C=O) groups excluding carboxylic acids is 5. The van der Waals surface area contributed by atoms with Crippen LogP contribution in [-0.4, -0.2) is 70.9 Å². The number of amides is 5. The highest BCUT2D eigenvalue weighted by Gasteiger charge is 2.32. The van der Waals surface area contributed by atoms with Crippen molar-refractivity contribution in [3.63, 3.8) is 0 Å². The fourth-order valence-electron chi connectivity index (χ4n) is 4.04. The summed E-state index contributed by atoms with van der Waals surface area (Å²) in [5.41, 5.74) is 0.197. The number of hydrogen-bond donors (Lipinski definition) is 4. The van der Waals surface area contributed by atoms with E-state index in [-0.39, 0.29) is 53.6 Å². The molecule has 0 radical (unpaired) electrons. The Morgan fingerprint density at radius 3 is 2.51 bits per heavy atom. The standard InChI is InChI=1S/C24H35N7O6/c1-12(2)18-24-29-19(14(4)37-24)23(36)26-13(3)20(33)25-11-7-6-8-15(21(34)28-18)27-22(35)16-9-10-17(32)31(5)30-16/h12-13,15,18H,6-11H2,1-5H3,(H,25,33)(H,26,36)(H,27,35)(H,28,34)/t13-,15+,18+/m1/s1. The Hall–Kier alpha value is -3.77. The maximum Gasteiger partial charge on any atom is 0.274 e. The average Bonchev–Trinajstić information content (AvgIpc) is 3.23. The fraction of sp³-hybridized carbons (Fsp3) is 0.625. The van der Waals surface area contributed by atoms with E-state index >= 15 is 0 Å². The lowest BCUT2D eigenvalue weighted by Gasteiger charge is -2.25. The molecule has 1 aromatic rings. The predicted molar refractivity (Wildman–Crippen MR) is 132 cm³/mol. The molecule has 2 bridgehead atoms. The number of oxazole rings is 1. The Morgan fingerprint density at radius 1 is 1.11 bits per heavy atom. The molecule has 5 amide bonds. The molecule has 3 rings (SSSR count). The monoisotopic (exact) mass is 517 g/mol. The van der Waals surface area contributed by atoms with Gasteiger partial charge in [-0.1, -0.05) is 13.8 Å². The SMILES string of the molecule is Cc1oc2nc1C(=O)N[C@H](C)C(=O)NCCCC[C@H](NC(=O)C1=NN(C)C(=O)CC1)C(=O)N[C@H]2C(C)C. The van der Waals surface area contributed by atoms with Gasteiger partial charge in [-0.2, -0.15) is 5.10 Å². The molecule has 1 aromatic heterocycles. The van der Waals surface area contributed by atoms with Crippen LogP contribution in [0.25, 0.3) is 0 Å². The predicted octanol–water partition coefficient (Wildman–Crippen LogP) is 0.308. The first-order chi connectivity index (χ1) is 17.5. The Labute approximate surface area is 215 Å². The van der Waals surface area contributed by atoms with Crippen LogP contribution in [0.5, 0.6) is 0 Å². The number of rotatable bonds is 3. The average molecular weight is 518 g/mol. The Kier molecular flexibility index (Phi) is 9.00. The van der Waals surface area contributed by atoms with Gasteiger partial charge in [0.05, 0.1) is 0 Å². The highest BCUT2D eigenvalue weighted by atomic mass is 16.4. The van der Waals surface area contributed by atoms with Crippen molar-refractivity contribution >= 4 is 35.2 Å². The molecule has 3 atom stereocenters. The van der Waals surface area contributed by atoms with E-state index in [9.17, 15) is 24.0 Å². The van der Waals surface area contributed by atoms with Crippen molar-refractivity contribution in [1.82, 2.24) is 31.3 Å². The smallest absolute Gasteiger partial charge is 0.274 e. The molecule has 2 aliphatic rings. The zero-order valence-corrected chi connectivity index (χ0v) is 21.8. The van der Waals surface area contributed by atoms with E-state index in [0.717, 1.165) is 5.01 Å². The van der Waals surface area contributed by atoms with Gasteiger partial charge in [-0.25, -0.2) is 9.99 Å². The summed E-state index contributed by atoms with van der Waals surface area (Å²) in [6, 6.07) is -2.36. The number of hydrogen-bond acceptors (Lipinski definition) is 8. The van der Waals surface area contributed by atoms with E-state index in [1.807, 2.05) is 13.8 Å². The van der Waals surface area contributed by atoms with Crippen LogP contribution in [0.15, 0.2) is 9.52 Å². The number of nitrogens with zero attached hydrogens (tertiary/aromatic N) is 3. The van der Waals surface area contributed by atoms with Gasteiger partial charge in [-0.05, 0) is 39.0 Å². The fourth-order valence-corrected chi connectivity index (χ4v) is 4.04. The minimum absolute atomic E-state index is 0.0282. The number of fused-ring (bicyclic) bond motifs is 2. The van der Waals surface area contributed by atoms with Crippen LogP contribution in [0.2, 0.25) is 0 Å². The molecule has 0 aliphatic carbocycles. The second kappa shape index (κ2) is 12.0. The number of aryl methyl sites for hydroxylation is 1. The van der Waals surface area contributed by atoms with Gasteiger partial charge in [0.25, 0.3) is 11.8 Å². The number of nitrogens with one attached hydrogen (secondary N) is 4. The Balaban J connectivity index is 1.87. The van der Waals surface area contributed by atoms with E-state index < -0.39 is 35.8 Å². The topological polar surface area (TPSA) is 175 Å². The first kappa shape index (κ1) is 27.8. The quantitative estimate of drug-likeness (QED) is 0.446. The lowest BCUT2D eigenvalue weighted by molar-refractivity contribution is -0.131. The highest BCUT2D eigenvalue weighted by Crippen LogP contribution is 2.24. The summed E-state index contributed by atoms with van der Waals surface area (Å²) in [5.74, 6) is -1.82. The van der Waals surface area contributed by atoms with E-state index in [0.29, 0.717) is 25.8 Å². The summed E-state index contributed by atoms with van der Waals surface area (Å²) in [6.45, 7) is 7.23. The van der Waals surface area contributed by atoms with Crippen LogP contribution in [0.3, 0.4) is 0 Å². The highest BCUT2D eigenvalue weighted by molar-refractivity contribution is 6.39. The van der Waals surface area contributed by atoms with Crippen molar-refractivity contribution < 1.29 is 28.4 Å². The number of carbonyl (C=O) groups is 5. The lowest BCUT2D eigenvalue weighted by atomic mass is 10.0. The van der Waals surface area contributed by atoms with Crippen LogP contribution in [0, 0.1) is 12.8 Å². The molecule has 0 fully saturated rings. The third-order valence-corrected chi connectivity index (χ3v) is 6.31. The Morgan fingerprint density at radius 2 is 1.84 bits per heavy atom. The third-order valence-electron chi connectivity index (χ3n) is 6.31. The summed E-state index contributed by atoms with van der Waals surface area (Å²) in [5, 5.41) is 16.2. The third kappa shape index (κ3) is 6.92. The van der Waals surface area contributed by atoms with Gasteiger partial charge >= 0.3 is 0 Å². The number of aromatic nitrogens is 1. The zero-order chi connectivity index (χ0) is 27.3. The summed E-state index contributed by atoms with van der Waals surface area (Å²) < 4.78 is 5.75. The molecule has 0 saturated heterocycles. The molecular formula is C24H35N7O6. The van der Waals surface area contributed by atoms with Gasteiger partial charge in [0.2, 0.25) is 23.6 Å². The van der Waals surface area contributed by atoms with Gasteiger partial charge in [0, 0.05) is 26.4 Å². The molecule has 3 heterocycles. The van der Waals surface area contributed by atoms with Crippen molar-refractivity contribution in [3.8, 4) is 0 Å². The maximum atomic E-state index is 13.4. The zero-order valence-electron chi connectivity index (χ0n) is 21.8. The van der Waals surface area contributed by atoms with Crippen molar-refractivity contribution in [2.45, 2.75) is 77.9 Å². The van der Waals surface area contributed by atoms with Gasteiger partial charge in [0.15, 0.2) is 5.69 Å². The maximum absolute atomic E-state index is 13.4. The van der Waals surface area contributed by atoms with Crippen LogP contribution in [-0.2, 0) is 19.2 Å². The van der Waals surface area contributed by atoms with Crippen LogP contribution < -0.4 is 21.3 Å². The molecule has 0 spiro atoms. The van der Waals surface area contributed by atoms with Crippen molar-refractivity contribution in [2.75, 3.05) is 13.6 Å². The second-order valence-electron chi connectivity index (χ2n) is 9.66. The molecule has 0 saturated carbocycles. The molecular weight excluding hydrogens is 482 g/mol. The van der Waals surface area contributed by atoms with Crippen LogP contribution >= 0.6 is 0 Å². The minimum atomic E-state index is -0.902. The van der Waals surface area contributed by atoms with Crippen molar-refractivity contribution in [1.29, 1.82) is 0 Å². The van der Waals surface area contributed by atoms with Gasteiger partial charge in [0.1, 0.15) is 29.6 Å². The summed E-state index contributed by atoms with van der Waals surface area (Å²) in [7, 11) is 1.48. The van der Waals surface area contributed by atoms with Crippen molar-refractivity contribution in [3.05, 3.63) is 17.3 Å². The molecule has 4 N–H and O–H groups in total. The summed E-state index contributed by atoms with van der Waals surface area (Å²) in [4.78, 5) is 67.4. The van der Waals surface area contributed by atoms with Gasteiger partial charge < -0.3 is 25.7 Å². The largest absolute Gasteiger partial charge is 0.443 e. The minimum Gasteiger partial charge on any atom is -0.443 e. The molecule has 13 heteroatoms. The van der Waals surface area contributed by atoms with Gasteiger partial charge in [-0.3, -0.25) is 24.0 Å². The van der Waals surface area contributed by atoms with E-state index in [4.69, 9.17) is 4.42 Å². The molecule has 202 valence electrons. The lowest BCUT2D eigenvalue weighted by Crippen LogP contribution is -2.51. The molecule has 2 aliphatic heterocycles. The molecule has 0 unspecified atom stereocenters. The normalized spacial score (nSPS) is 24.2. The van der Waals surface area contributed by atoms with E-state index in [1.54, 1.807) is 13.8 Å². The number of hydrazone groups is 1. The van der Waals surface area contributed by atoms with Gasteiger partial charge in [-0.15, -0.1) is 0 Å². The van der Waals surface area contributed by atoms with Crippen molar-refractivity contribution in [2.24, 2.45) is 11.0 Å². The van der Waals surface area contributed by atoms with E-state index in [1.165, 1.54) is 7.05 Å². The van der Waals surface area contributed by atoms with Crippen LogP contribution in [0.1, 0.15) is 81.1 Å². The summed E-state index contributed by atoms with van der Waals surface area (Å²) in [6.07, 6.45) is 1.73. The second-order valence-corrected chi connectivity index (χ2v) is 9.66.